The van der Waals surface area contributed by atoms with E-state index in [0.29, 0.717) is 51.5 Å². The number of carbonyl (C=O) groups excluding carboxylic acids is 1. The van der Waals surface area contributed by atoms with E-state index in [-0.39, 0.29) is 12.4 Å². The van der Waals surface area contributed by atoms with E-state index in [2.05, 4.69) is 5.32 Å². The Morgan fingerprint density at radius 2 is 1.66 bits per heavy atom. The fraction of sp³-hybridized carbons (Fsp3) is 0.280. The van der Waals surface area contributed by atoms with Gasteiger partial charge in [0, 0.05) is 23.9 Å². The number of anilines is 1. The molecular weight excluding hydrogens is 458 g/mol. The minimum atomic E-state index is -1.06. The van der Waals surface area contributed by atoms with Crippen molar-refractivity contribution in [2.45, 2.75) is 18.9 Å². The summed E-state index contributed by atoms with van der Waals surface area (Å²) in [5, 5.41) is 2.84. The molecule has 3 heterocycles. The summed E-state index contributed by atoms with van der Waals surface area (Å²) in [4.78, 5) is 26.3. The largest absolute Gasteiger partial charge is 0.493 e. The summed E-state index contributed by atoms with van der Waals surface area (Å²) < 4.78 is 38.3. The number of fused-ring (bicyclic) bond motifs is 2. The number of rotatable bonds is 6. The van der Waals surface area contributed by atoms with Crippen molar-refractivity contribution in [1.29, 1.82) is 0 Å². The second-order valence-corrected chi connectivity index (χ2v) is 7.95. The Morgan fingerprint density at radius 1 is 0.943 bits per heavy atom. The third kappa shape index (κ3) is 3.86. The van der Waals surface area contributed by atoms with Crippen LogP contribution in [0.25, 0.3) is 0 Å². The first kappa shape index (κ1) is 22.5. The minimum absolute atomic E-state index is 0.100. The molecule has 182 valence electrons. The van der Waals surface area contributed by atoms with Gasteiger partial charge in [-0.25, -0.2) is 4.79 Å². The molecule has 1 aromatic heterocycles. The average Bonchev–Trinajstić information content (AvgIpc) is 3.47. The van der Waals surface area contributed by atoms with Crippen LogP contribution in [-0.2, 0) is 4.79 Å². The van der Waals surface area contributed by atoms with Crippen LogP contribution in [-0.4, -0.2) is 40.1 Å². The van der Waals surface area contributed by atoms with Gasteiger partial charge in [0.25, 0.3) is 5.91 Å². The fourth-order valence-electron chi connectivity index (χ4n) is 4.35. The lowest BCUT2D eigenvalue weighted by Crippen LogP contribution is -2.35. The second-order valence-electron chi connectivity index (χ2n) is 7.95. The molecule has 1 amide bonds. The van der Waals surface area contributed by atoms with Crippen LogP contribution < -0.4 is 39.4 Å². The fourth-order valence-corrected chi connectivity index (χ4v) is 4.35. The first-order valence-corrected chi connectivity index (χ1v) is 10.7. The summed E-state index contributed by atoms with van der Waals surface area (Å²) in [6, 6.07) is 10.1. The quantitative estimate of drug-likeness (QED) is 0.567. The maximum atomic E-state index is 13.5. The van der Waals surface area contributed by atoms with Crippen LogP contribution in [0.15, 0.2) is 45.6 Å². The number of ether oxygens (including phenoxy) is 6. The van der Waals surface area contributed by atoms with Crippen LogP contribution in [0.5, 0.6) is 34.5 Å². The van der Waals surface area contributed by atoms with Crippen LogP contribution in [0.4, 0.5) is 5.69 Å². The molecule has 3 aromatic rings. The molecule has 2 aliphatic rings. The van der Waals surface area contributed by atoms with Gasteiger partial charge in [-0.15, -0.1) is 0 Å². The monoisotopic (exact) mass is 481 g/mol. The maximum absolute atomic E-state index is 13.5. The molecule has 5 rings (SSSR count). The van der Waals surface area contributed by atoms with Gasteiger partial charge in [0.2, 0.25) is 12.5 Å². The van der Waals surface area contributed by atoms with Crippen LogP contribution in [0, 0.1) is 6.92 Å². The molecule has 0 saturated carbocycles. The van der Waals surface area contributed by atoms with Crippen LogP contribution in [0.1, 0.15) is 22.8 Å². The van der Waals surface area contributed by atoms with Crippen molar-refractivity contribution in [1.82, 2.24) is 0 Å². The van der Waals surface area contributed by atoms with Gasteiger partial charge in [-0.3, -0.25) is 4.79 Å². The summed E-state index contributed by atoms with van der Waals surface area (Å²) >= 11 is 0. The van der Waals surface area contributed by atoms with Gasteiger partial charge in [-0.1, -0.05) is 6.07 Å². The van der Waals surface area contributed by atoms with Crippen molar-refractivity contribution < 1.29 is 37.6 Å². The molecule has 2 aliphatic heterocycles. The Hall–Kier alpha value is -4.34. The van der Waals surface area contributed by atoms with Crippen molar-refractivity contribution in [3.63, 3.8) is 0 Å². The van der Waals surface area contributed by atoms with E-state index in [1.54, 1.807) is 43.3 Å². The van der Waals surface area contributed by atoms with Gasteiger partial charge in [0.1, 0.15) is 11.5 Å². The summed E-state index contributed by atoms with van der Waals surface area (Å²) in [5.41, 5.74) is 0.746. The number of hydrogen-bond donors (Lipinski definition) is 1. The lowest BCUT2D eigenvalue weighted by Gasteiger charge is -2.20. The first-order valence-electron chi connectivity index (χ1n) is 10.7. The van der Waals surface area contributed by atoms with E-state index in [0.717, 1.165) is 0 Å². The highest BCUT2D eigenvalue weighted by molar-refractivity contribution is 5.97. The first-order chi connectivity index (χ1) is 16.9. The summed E-state index contributed by atoms with van der Waals surface area (Å²) in [6.45, 7) is 1.74. The highest BCUT2D eigenvalue weighted by Gasteiger charge is 2.44. The number of aryl methyl sites for hydroxylation is 1. The summed E-state index contributed by atoms with van der Waals surface area (Å²) in [5.74, 6) is 1.72. The zero-order valence-corrected chi connectivity index (χ0v) is 19.5. The number of carbonyl (C=O) groups is 1. The highest BCUT2D eigenvalue weighted by atomic mass is 16.7. The smallest absolute Gasteiger partial charge is 0.343 e. The van der Waals surface area contributed by atoms with E-state index in [1.807, 2.05) is 0 Å². The van der Waals surface area contributed by atoms with Crippen LogP contribution >= 0.6 is 0 Å². The SMILES string of the molecule is COc1cc(NC(=O)C2Oc3cc(C)oc(=O)c3C2c2ccc3c(c2)OCO3)cc(OC)c1OC. The van der Waals surface area contributed by atoms with Gasteiger partial charge in [-0.2, -0.15) is 0 Å². The molecule has 0 saturated heterocycles. The zero-order chi connectivity index (χ0) is 24.7. The van der Waals surface area contributed by atoms with Crippen LogP contribution in [0.3, 0.4) is 0 Å². The third-order valence-electron chi connectivity index (χ3n) is 5.89. The molecule has 2 unspecified atom stereocenters. The lowest BCUT2D eigenvalue weighted by molar-refractivity contribution is -0.122. The molecule has 0 aliphatic carbocycles. The Bertz CT molecular complexity index is 1340. The van der Waals surface area contributed by atoms with E-state index in [4.69, 9.17) is 32.8 Å². The summed E-state index contributed by atoms with van der Waals surface area (Å²) in [6.07, 6.45) is -1.06. The Balaban J connectivity index is 1.54. The number of nitrogens with one attached hydrogen (secondary N) is 1. The Labute approximate surface area is 200 Å². The minimum Gasteiger partial charge on any atom is -0.493 e. The van der Waals surface area contributed by atoms with Crippen molar-refractivity contribution in [3.05, 3.63) is 63.7 Å². The van der Waals surface area contributed by atoms with Gasteiger partial charge in [-0.05, 0) is 24.6 Å². The predicted octanol–water partition coefficient (Wildman–Crippen LogP) is 3.23. The van der Waals surface area contributed by atoms with E-state index >= 15 is 0 Å². The molecule has 2 atom stereocenters. The summed E-state index contributed by atoms with van der Waals surface area (Å²) in [7, 11) is 4.46. The molecule has 1 N–H and O–H groups in total. The molecule has 0 fully saturated rings. The normalized spacial score (nSPS) is 17.4. The van der Waals surface area contributed by atoms with Crippen molar-refractivity contribution >= 4 is 11.6 Å². The van der Waals surface area contributed by atoms with Crippen molar-refractivity contribution in [2.24, 2.45) is 0 Å². The number of hydrogen-bond acceptors (Lipinski definition) is 9. The van der Waals surface area contributed by atoms with Gasteiger partial charge >= 0.3 is 5.63 Å². The van der Waals surface area contributed by atoms with Gasteiger partial charge < -0.3 is 38.2 Å². The molecule has 0 spiro atoms. The molecule has 0 bridgehead atoms. The van der Waals surface area contributed by atoms with E-state index in [9.17, 15) is 9.59 Å². The second kappa shape index (κ2) is 8.79. The van der Waals surface area contributed by atoms with Crippen molar-refractivity contribution in [3.8, 4) is 34.5 Å². The molecule has 10 nitrogen and oxygen atoms in total. The molecular formula is C25H23NO9. The molecule has 10 heteroatoms. The number of benzene rings is 2. The Kier molecular flexibility index (Phi) is 5.64. The van der Waals surface area contributed by atoms with Gasteiger partial charge in [0.05, 0.1) is 32.8 Å². The average molecular weight is 481 g/mol. The lowest BCUT2D eigenvalue weighted by atomic mass is 9.88. The van der Waals surface area contributed by atoms with E-state index in [1.165, 1.54) is 21.3 Å². The highest BCUT2D eigenvalue weighted by Crippen LogP contribution is 2.45. The topological polar surface area (TPSA) is 115 Å². The molecule has 2 aromatic carbocycles. The maximum Gasteiger partial charge on any atom is 0.343 e. The standard InChI is InChI=1S/C25H23NO9/c1-12-7-17-21(25(28)34-12)20(13-5-6-15-16(8-13)33-11-32-15)23(35-17)24(27)26-14-9-18(29-2)22(31-4)19(10-14)30-3/h5-10,20,23H,11H2,1-4H3,(H,26,27). The van der Waals surface area contributed by atoms with Crippen LogP contribution in [0.2, 0.25) is 0 Å². The number of methoxy groups -OCH3 is 3. The zero-order valence-electron chi connectivity index (χ0n) is 19.5. The third-order valence-corrected chi connectivity index (χ3v) is 5.89. The number of amides is 1. The van der Waals surface area contributed by atoms with Gasteiger partial charge in [0.15, 0.2) is 29.1 Å². The molecule has 35 heavy (non-hydrogen) atoms. The predicted molar refractivity (Wildman–Crippen MR) is 123 cm³/mol. The molecule has 0 radical (unpaired) electrons. The Morgan fingerprint density at radius 3 is 2.34 bits per heavy atom. The van der Waals surface area contributed by atoms with Crippen molar-refractivity contribution in [2.75, 3.05) is 33.4 Å². The van der Waals surface area contributed by atoms with E-state index < -0.39 is 23.6 Å².